The minimum atomic E-state index is -4.57. The lowest BCUT2D eigenvalue weighted by atomic mass is 9.85. The number of carbonyl (C=O) groups excluding carboxylic acids is 1. The van der Waals surface area contributed by atoms with Crippen LogP contribution in [0.5, 0.6) is 0 Å². The summed E-state index contributed by atoms with van der Waals surface area (Å²) in [6, 6.07) is 2.92. The van der Waals surface area contributed by atoms with Gasteiger partial charge in [0.15, 0.2) is 0 Å². The summed E-state index contributed by atoms with van der Waals surface area (Å²) in [6.07, 6.45) is -0.943. The maximum atomic E-state index is 13.2. The topological polar surface area (TPSA) is 73.8 Å². The Hall–Kier alpha value is -2.38. The van der Waals surface area contributed by atoms with Gasteiger partial charge in [-0.15, -0.1) is 0 Å². The fourth-order valence-electron chi connectivity index (χ4n) is 4.48. The van der Waals surface area contributed by atoms with E-state index in [-0.39, 0.29) is 23.4 Å². The third kappa shape index (κ3) is 3.00. The maximum absolute atomic E-state index is 13.2. The number of anilines is 1. The number of hydrogen-bond donors (Lipinski definition) is 1. The summed E-state index contributed by atoms with van der Waals surface area (Å²) in [5.74, 6) is 0.444. The molecule has 0 amide bonds. The summed E-state index contributed by atoms with van der Waals surface area (Å²) in [5.41, 5.74) is 6.18. The molecule has 2 aliphatic carbocycles. The second kappa shape index (κ2) is 6.07. The van der Waals surface area contributed by atoms with Crippen LogP contribution in [0.1, 0.15) is 56.3 Å². The summed E-state index contributed by atoms with van der Waals surface area (Å²) in [5, 5.41) is 4.56. The molecule has 0 saturated heterocycles. The van der Waals surface area contributed by atoms with E-state index in [9.17, 15) is 18.0 Å². The number of nitrogen functional groups attached to an aromatic ring is 1. The first kappa shape index (κ1) is 18.0. The number of nitrogens with two attached hydrogens (primary N) is 1. The third-order valence-electron chi connectivity index (χ3n) is 5.77. The Morgan fingerprint density at radius 1 is 1.26 bits per heavy atom. The van der Waals surface area contributed by atoms with E-state index in [0.717, 1.165) is 24.6 Å². The van der Waals surface area contributed by atoms with Crippen LogP contribution in [0.3, 0.4) is 0 Å². The summed E-state index contributed by atoms with van der Waals surface area (Å²) in [4.78, 5) is 15.6. The molecule has 2 fully saturated rings. The molecule has 2 N–H and O–H groups in total. The van der Waals surface area contributed by atoms with Gasteiger partial charge in [0.2, 0.25) is 0 Å². The first-order valence-corrected chi connectivity index (χ1v) is 9.10. The van der Waals surface area contributed by atoms with Crippen LogP contribution in [0.4, 0.5) is 19.0 Å². The lowest BCUT2D eigenvalue weighted by Gasteiger charge is -2.23. The van der Waals surface area contributed by atoms with E-state index in [1.54, 1.807) is 0 Å². The number of fused-ring (bicyclic) bond motifs is 2. The second-order valence-corrected chi connectivity index (χ2v) is 7.85. The lowest BCUT2D eigenvalue weighted by molar-refractivity contribution is -0.137. The summed E-state index contributed by atoms with van der Waals surface area (Å²) in [7, 11) is 0. The summed E-state index contributed by atoms with van der Waals surface area (Å²) >= 11 is 0. The Balaban J connectivity index is 1.75. The maximum Gasteiger partial charge on any atom is 0.419 e. The van der Waals surface area contributed by atoms with Crippen molar-refractivity contribution >= 4 is 11.6 Å². The van der Waals surface area contributed by atoms with Crippen molar-refractivity contribution in [1.29, 1.82) is 0 Å². The highest BCUT2D eigenvalue weighted by molar-refractivity contribution is 5.84. The van der Waals surface area contributed by atoms with E-state index in [1.165, 1.54) is 6.20 Å². The monoisotopic (exact) mass is 378 g/mol. The molecule has 2 bridgehead atoms. The molecule has 2 aromatic heterocycles. The average Bonchev–Trinajstić information content (AvgIpc) is 3.26. The van der Waals surface area contributed by atoms with Crippen LogP contribution in [0, 0.1) is 11.8 Å². The van der Waals surface area contributed by atoms with Gasteiger partial charge in [-0.25, -0.2) is 4.98 Å². The van der Waals surface area contributed by atoms with Crippen molar-refractivity contribution in [3.05, 3.63) is 29.6 Å². The Kier molecular flexibility index (Phi) is 4.05. The number of carbonyl (C=O) groups is 1. The fourth-order valence-corrected chi connectivity index (χ4v) is 4.48. The highest BCUT2D eigenvalue weighted by Gasteiger charge is 2.47. The minimum absolute atomic E-state index is 0.0624. The molecule has 0 spiro atoms. The first-order valence-electron chi connectivity index (χ1n) is 9.10. The van der Waals surface area contributed by atoms with Crippen LogP contribution < -0.4 is 5.73 Å². The van der Waals surface area contributed by atoms with E-state index in [1.807, 2.05) is 24.6 Å². The molecule has 144 valence electrons. The van der Waals surface area contributed by atoms with E-state index in [0.29, 0.717) is 23.8 Å². The van der Waals surface area contributed by atoms with Gasteiger partial charge in [0.1, 0.15) is 11.6 Å². The molecule has 2 aliphatic rings. The van der Waals surface area contributed by atoms with Crippen LogP contribution in [0.15, 0.2) is 18.3 Å². The second-order valence-electron chi connectivity index (χ2n) is 7.85. The van der Waals surface area contributed by atoms with Gasteiger partial charge in [-0.1, -0.05) is 0 Å². The highest BCUT2D eigenvalue weighted by Crippen LogP contribution is 2.51. The van der Waals surface area contributed by atoms with Crippen LogP contribution in [-0.4, -0.2) is 20.5 Å². The highest BCUT2D eigenvalue weighted by atomic mass is 19.4. The zero-order valence-electron chi connectivity index (χ0n) is 15.1. The predicted molar refractivity (Wildman–Crippen MR) is 93.8 cm³/mol. The van der Waals surface area contributed by atoms with Gasteiger partial charge in [0.05, 0.1) is 11.3 Å². The van der Waals surface area contributed by atoms with E-state index >= 15 is 0 Å². The van der Waals surface area contributed by atoms with Crippen molar-refractivity contribution in [1.82, 2.24) is 14.8 Å². The number of rotatable bonds is 3. The Labute approximate surface area is 154 Å². The molecule has 4 rings (SSSR count). The molecule has 2 aromatic rings. The van der Waals surface area contributed by atoms with Crippen LogP contribution in [0.2, 0.25) is 0 Å². The third-order valence-corrected chi connectivity index (χ3v) is 5.77. The number of nitrogens with zero attached hydrogens (tertiary/aromatic N) is 3. The molecule has 2 saturated carbocycles. The number of Topliss-reactive ketones (excluding diaryl/α,β-unsaturated/α-hetero) is 1. The average molecular weight is 378 g/mol. The fraction of sp³-hybridized carbons (Fsp3) is 0.526. The number of pyridine rings is 1. The van der Waals surface area contributed by atoms with Crippen molar-refractivity contribution in [2.24, 2.45) is 11.8 Å². The molecule has 8 heteroatoms. The van der Waals surface area contributed by atoms with E-state index in [2.05, 4.69) is 10.1 Å². The molecule has 3 atom stereocenters. The molecule has 0 aliphatic heterocycles. The van der Waals surface area contributed by atoms with Gasteiger partial charge in [0, 0.05) is 41.8 Å². The smallest absolute Gasteiger partial charge is 0.383 e. The van der Waals surface area contributed by atoms with E-state index in [4.69, 9.17) is 5.73 Å². The zero-order chi connectivity index (χ0) is 19.5. The Morgan fingerprint density at radius 3 is 2.56 bits per heavy atom. The van der Waals surface area contributed by atoms with Gasteiger partial charge in [-0.3, -0.25) is 9.48 Å². The quantitative estimate of drug-likeness (QED) is 0.868. The molecule has 27 heavy (non-hydrogen) atoms. The molecular weight excluding hydrogens is 357 g/mol. The standard InChI is InChI=1S/C19H21F3N4O/c1-9(2)26-16(13-4-11-3-10(13)6-17(11)27)7-15(25-26)12-5-14(19(20,21)22)18(23)24-8-12/h5,7-11,13H,3-4,6H2,1-2H3,(H2,23,24)/t10-,11?,13+/m0/s1. The molecule has 2 heterocycles. The molecule has 0 radical (unpaired) electrons. The van der Waals surface area contributed by atoms with Crippen LogP contribution in [0.25, 0.3) is 11.3 Å². The molecule has 5 nitrogen and oxygen atoms in total. The number of hydrogen-bond acceptors (Lipinski definition) is 4. The van der Waals surface area contributed by atoms with Gasteiger partial charge >= 0.3 is 6.18 Å². The van der Waals surface area contributed by atoms with Crippen molar-refractivity contribution in [2.75, 3.05) is 5.73 Å². The molecule has 0 aromatic carbocycles. The normalized spacial score (nSPS) is 25.0. The molecular formula is C19H21F3N4O. The van der Waals surface area contributed by atoms with Crippen molar-refractivity contribution in [3.8, 4) is 11.3 Å². The van der Waals surface area contributed by atoms with Crippen molar-refractivity contribution in [3.63, 3.8) is 0 Å². The number of ketones is 1. The van der Waals surface area contributed by atoms with Gasteiger partial charge in [-0.2, -0.15) is 18.3 Å². The van der Waals surface area contributed by atoms with Gasteiger partial charge < -0.3 is 5.73 Å². The number of alkyl halides is 3. The van der Waals surface area contributed by atoms with Crippen LogP contribution >= 0.6 is 0 Å². The summed E-state index contributed by atoms with van der Waals surface area (Å²) in [6.45, 7) is 3.97. The SMILES string of the molecule is CC(C)n1nc(-c2cnc(N)c(C(F)(F)F)c2)cc1[C@@H]1CC2C[C@H]1CC2=O. The van der Waals surface area contributed by atoms with E-state index < -0.39 is 17.6 Å². The molecule has 1 unspecified atom stereocenters. The largest absolute Gasteiger partial charge is 0.419 e. The van der Waals surface area contributed by atoms with Gasteiger partial charge in [0.25, 0.3) is 0 Å². The number of halogens is 3. The lowest BCUT2D eigenvalue weighted by Crippen LogP contribution is -2.19. The summed E-state index contributed by atoms with van der Waals surface area (Å²) < 4.78 is 41.4. The minimum Gasteiger partial charge on any atom is -0.383 e. The number of aromatic nitrogens is 3. The first-order chi connectivity index (χ1) is 12.6. The van der Waals surface area contributed by atoms with Crippen LogP contribution in [-0.2, 0) is 11.0 Å². The zero-order valence-corrected chi connectivity index (χ0v) is 15.1. The van der Waals surface area contributed by atoms with Crippen molar-refractivity contribution in [2.45, 2.75) is 51.2 Å². The van der Waals surface area contributed by atoms with Crippen molar-refractivity contribution < 1.29 is 18.0 Å². The van der Waals surface area contributed by atoms with Gasteiger partial charge in [-0.05, 0) is 44.7 Å². The Bertz CT molecular complexity index is 903. The Morgan fingerprint density at radius 2 is 2.00 bits per heavy atom. The predicted octanol–water partition coefficient (Wildman–Crippen LogP) is 4.21.